The van der Waals surface area contributed by atoms with Gasteiger partial charge in [-0.2, -0.15) is 0 Å². The van der Waals surface area contributed by atoms with Gasteiger partial charge in [0, 0.05) is 22.1 Å². The number of halogens is 1. The van der Waals surface area contributed by atoms with Gasteiger partial charge in [0.15, 0.2) is 5.78 Å². The lowest BCUT2D eigenvalue weighted by atomic mass is 10.0. The molecule has 0 amide bonds. The van der Waals surface area contributed by atoms with E-state index in [4.69, 9.17) is 5.73 Å². The van der Waals surface area contributed by atoms with Crippen molar-refractivity contribution in [2.45, 2.75) is 39.0 Å². The molecule has 88 valence electrons. The van der Waals surface area contributed by atoms with Crippen LogP contribution in [-0.4, -0.2) is 5.78 Å². The van der Waals surface area contributed by atoms with Gasteiger partial charge < -0.3 is 5.73 Å². The Balaban J connectivity index is 2.53. The van der Waals surface area contributed by atoms with Crippen molar-refractivity contribution in [1.82, 2.24) is 0 Å². The predicted octanol–water partition coefficient (Wildman–Crippen LogP) is 4.18. The Labute approximate surface area is 105 Å². The van der Waals surface area contributed by atoms with E-state index in [1.165, 1.54) is 12.8 Å². The van der Waals surface area contributed by atoms with Crippen LogP contribution < -0.4 is 5.73 Å². The van der Waals surface area contributed by atoms with Crippen LogP contribution >= 0.6 is 15.9 Å². The molecule has 2 nitrogen and oxygen atoms in total. The summed E-state index contributed by atoms with van der Waals surface area (Å²) >= 11 is 3.33. The van der Waals surface area contributed by atoms with Crippen LogP contribution in [0, 0.1) is 0 Å². The maximum atomic E-state index is 11.8. The fraction of sp³-hybridized carbons (Fsp3) is 0.462. The third kappa shape index (κ3) is 3.97. The zero-order valence-corrected chi connectivity index (χ0v) is 11.2. The molecule has 2 N–H and O–H groups in total. The number of benzene rings is 1. The van der Waals surface area contributed by atoms with Crippen molar-refractivity contribution in [3.63, 3.8) is 0 Å². The van der Waals surface area contributed by atoms with Gasteiger partial charge >= 0.3 is 0 Å². The second-order valence-electron chi connectivity index (χ2n) is 3.97. The van der Waals surface area contributed by atoms with Crippen LogP contribution in [0.4, 0.5) is 5.69 Å². The van der Waals surface area contributed by atoms with E-state index in [1.54, 1.807) is 12.1 Å². The van der Waals surface area contributed by atoms with Crippen LogP contribution in [0.15, 0.2) is 22.7 Å². The first-order valence-electron chi connectivity index (χ1n) is 5.73. The van der Waals surface area contributed by atoms with Crippen LogP contribution in [0.3, 0.4) is 0 Å². The average molecular weight is 284 g/mol. The van der Waals surface area contributed by atoms with Crippen LogP contribution in [-0.2, 0) is 0 Å². The molecule has 0 aliphatic heterocycles. The van der Waals surface area contributed by atoms with Gasteiger partial charge in [0.1, 0.15) is 0 Å². The third-order valence-corrected chi connectivity index (χ3v) is 3.06. The van der Waals surface area contributed by atoms with E-state index in [2.05, 4.69) is 22.9 Å². The molecule has 0 aromatic heterocycles. The van der Waals surface area contributed by atoms with E-state index in [-0.39, 0.29) is 5.78 Å². The second-order valence-corrected chi connectivity index (χ2v) is 4.88. The quantitative estimate of drug-likeness (QED) is 0.483. The van der Waals surface area contributed by atoms with Crippen LogP contribution in [0.1, 0.15) is 49.4 Å². The van der Waals surface area contributed by atoms with Crippen molar-refractivity contribution in [3.8, 4) is 0 Å². The lowest BCUT2D eigenvalue weighted by Gasteiger charge is -2.05. The highest BCUT2D eigenvalue weighted by molar-refractivity contribution is 9.10. The predicted molar refractivity (Wildman–Crippen MR) is 71.6 cm³/mol. The minimum absolute atomic E-state index is 0.154. The molecule has 1 aromatic carbocycles. The highest BCUT2D eigenvalue weighted by Crippen LogP contribution is 2.20. The van der Waals surface area contributed by atoms with E-state index < -0.39 is 0 Å². The number of carbonyl (C=O) groups is 1. The molecular weight excluding hydrogens is 266 g/mol. The van der Waals surface area contributed by atoms with Gasteiger partial charge in [-0.25, -0.2) is 0 Å². The Morgan fingerprint density at radius 1 is 1.31 bits per heavy atom. The number of rotatable bonds is 6. The first-order chi connectivity index (χ1) is 7.65. The molecule has 0 unspecified atom stereocenters. The molecule has 0 saturated heterocycles. The van der Waals surface area contributed by atoms with Gasteiger partial charge in [-0.1, -0.05) is 42.1 Å². The zero-order valence-electron chi connectivity index (χ0n) is 9.63. The fourth-order valence-electron chi connectivity index (χ4n) is 1.63. The maximum Gasteiger partial charge on any atom is 0.164 e. The SMILES string of the molecule is CCCCCCC(=O)c1ccc(Br)cc1N. The van der Waals surface area contributed by atoms with E-state index in [9.17, 15) is 4.79 Å². The number of nitrogens with two attached hydrogens (primary N) is 1. The summed E-state index contributed by atoms with van der Waals surface area (Å²) < 4.78 is 0.910. The molecule has 0 atom stereocenters. The first-order valence-corrected chi connectivity index (χ1v) is 6.52. The van der Waals surface area contributed by atoms with Crippen LogP contribution in [0.2, 0.25) is 0 Å². The van der Waals surface area contributed by atoms with Gasteiger partial charge in [0.2, 0.25) is 0 Å². The Morgan fingerprint density at radius 2 is 2.06 bits per heavy atom. The van der Waals surface area contributed by atoms with Crippen molar-refractivity contribution in [2.75, 3.05) is 5.73 Å². The standard InChI is InChI=1S/C13H18BrNO/c1-2-3-4-5-6-13(16)11-8-7-10(14)9-12(11)15/h7-9H,2-6,15H2,1H3. The number of ketones is 1. The summed E-state index contributed by atoms with van der Waals surface area (Å²) in [4.78, 5) is 11.8. The second kappa shape index (κ2) is 6.69. The summed E-state index contributed by atoms with van der Waals surface area (Å²) in [5, 5.41) is 0. The summed E-state index contributed by atoms with van der Waals surface area (Å²) in [5.41, 5.74) is 7.02. The van der Waals surface area contributed by atoms with Crippen molar-refractivity contribution in [1.29, 1.82) is 0 Å². The highest BCUT2D eigenvalue weighted by Gasteiger charge is 2.09. The number of hydrogen-bond donors (Lipinski definition) is 1. The third-order valence-electron chi connectivity index (χ3n) is 2.57. The average Bonchev–Trinajstić information content (AvgIpc) is 2.24. The molecule has 1 rings (SSSR count). The summed E-state index contributed by atoms with van der Waals surface area (Å²) in [6.45, 7) is 2.16. The largest absolute Gasteiger partial charge is 0.398 e. The van der Waals surface area contributed by atoms with Crippen molar-refractivity contribution in [3.05, 3.63) is 28.2 Å². The summed E-state index contributed by atoms with van der Waals surface area (Å²) in [6.07, 6.45) is 5.07. The molecule has 0 spiro atoms. The molecule has 0 heterocycles. The molecule has 0 saturated carbocycles. The molecule has 0 aliphatic rings. The van der Waals surface area contributed by atoms with E-state index in [0.29, 0.717) is 17.7 Å². The molecule has 0 aliphatic carbocycles. The maximum absolute atomic E-state index is 11.8. The fourth-order valence-corrected chi connectivity index (χ4v) is 2.01. The van der Waals surface area contributed by atoms with E-state index in [0.717, 1.165) is 17.3 Å². The molecule has 1 aromatic rings. The van der Waals surface area contributed by atoms with Gasteiger partial charge in [-0.15, -0.1) is 0 Å². The van der Waals surface area contributed by atoms with Gasteiger partial charge in [0.25, 0.3) is 0 Å². The zero-order chi connectivity index (χ0) is 12.0. The lowest BCUT2D eigenvalue weighted by molar-refractivity contribution is 0.0980. The van der Waals surface area contributed by atoms with E-state index in [1.807, 2.05) is 6.07 Å². The lowest BCUT2D eigenvalue weighted by Crippen LogP contribution is -2.03. The summed E-state index contributed by atoms with van der Waals surface area (Å²) in [6, 6.07) is 5.43. The van der Waals surface area contributed by atoms with Gasteiger partial charge in [0.05, 0.1) is 0 Å². The Hall–Kier alpha value is -0.830. The van der Waals surface area contributed by atoms with Crippen LogP contribution in [0.5, 0.6) is 0 Å². The number of anilines is 1. The topological polar surface area (TPSA) is 43.1 Å². The smallest absolute Gasteiger partial charge is 0.164 e. The number of carbonyl (C=O) groups excluding carboxylic acids is 1. The van der Waals surface area contributed by atoms with E-state index >= 15 is 0 Å². The number of hydrogen-bond acceptors (Lipinski definition) is 2. The minimum Gasteiger partial charge on any atom is -0.398 e. The monoisotopic (exact) mass is 283 g/mol. The Morgan fingerprint density at radius 3 is 2.69 bits per heavy atom. The van der Waals surface area contributed by atoms with Crippen LogP contribution in [0.25, 0.3) is 0 Å². The Bertz CT molecular complexity index is 363. The number of unbranched alkanes of at least 4 members (excludes halogenated alkanes) is 3. The molecule has 0 fully saturated rings. The summed E-state index contributed by atoms with van der Waals surface area (Å²) in [5.74, 6) is 0.154. The molecule has 0 bridgehead atoms. The van der Waals surface area contributed by atoms with Gasteiger partial charge in [-0.3, -0.25) is 4.79 Å². The first kappa shape index (κ1) is 13.2. The minimum atomic E-state index is 0.154. The van der Waals surface area contributed by atoms with Crippen molar-refractivity contribution < 1.29 is 4.79 Å². The van der Waals surface area contributed by atoms with Crippen molar-refractivity contribution >= 4 is 27.4 Å². The molecular formula is C13H18BrNO. The summed E-state index contributed by atoms with van der Waals surface area (Å²) in [7, 11) is 0. The number of Topliss-reactive ketones (excluding diaryl/α,β-unsaturated/α-hetero) is 1. The normalized spacial score (nSPS) is 10.4. The Kier molecular flexibility index (Phi) is 5.53. The molecule has 16 heavy (non-hydrogen) atoms. The number of nitrogen functional groups attached to an aromatic ring is 1. The highest BCUT2D eigenvalue weighted by atomic mass is 79.9. The molecule has 0 radical (unpaired) electrons. The van der Waals surface area contributed by atoms with Crippen molar-refractivity contribution in [2.24, 2.45) is 0 Å². The molecule has 3 heteroatoms. The van der Waals surface area contributed by atoms with Gasteiger partial charge in [-0.05, 0) is 24.6 Å².